The van der Waals surface area contributed by atoms with Crippen LogP contribution < -0.4 is 5.32 Å². The summed E-state index contributed by atoms with van der Waals surface area (Å²) in [5, 5.41) is 11.0. The molecule has 2 heterocycles. The predicted molar refractivity (Wildman–Crippen MR) is 124 cm³/mol. The van der Waals surface area contributed by atoms with Crippen LogP contribution in [0.25, 0.3) is 0 Å². The first-order valence-corrected chi connectivity index (χ1v) is 11.6. The van der Waals surface area contributed by atoms with Crippen LogP contribution in [-0.4, -0.2) is 46.8 Å². The lowest BCUT2D eigenvalue weighted by molar-refractivity contribution is -0.117. The van der Waals surface area contributed by atoms with Crippen molar-refractivity contribution in [3.63, 3.8) is 0 Å². The van der Waals surface area contributed by atoms with Crippen molar-refractivity contribution in [1.82, 2.24) is 15.1 Å². The molecular formula is C24H26N4O3S. The zero-order valence-corrected chi connectivity index (χ0v) is 18.6. The van der Waals surface area contributed by atoms with Crippen molar-refractivity contribution in [2.75, 3.05) is 25.0 Å². The maximum atomic E-state index is 12.8. The number of benzene rings is 2. The first-order chi connectivity index (χ1) is 15.6. The Kier molecular flexibility index (Phi) is 7.11. The summed E-state index contributed by atoms with van der Waals surface area (Å²) in [6.45, 7) is 1.45. The fourth-order valence-electron chi connectivity index (χ4n) is 4.17. The standard InChI is InChI=1S/C24H26N4O3S/c29-21(26-22-27-25-18-32-22)17-24(20-9-5-2-6-10-20)12-14-28(15-13-24)23(30)31-16-11-19-7-3-1-4-8-19/h1-10,18H,11-17H2,(H,26,27,29). The monoisotopic (exact) mass is 450 g/mol. The maximum Gasteiger partial charge on any atom is 0.409 e. The quantitative estimate of drug-likeness (QED) is 0.581. The maximum absolute atomic E-state index is 12.8. The molecule has 1 saturated heterocycles. The van der Waals surface area contributed by atoms with Gasteiger partial charge in [0.1, 0.15) is 5.51 Å². The molecule has 1 N–H and O–H groups in total. The minimum absolute atomic E-state index is 0.0931. The number of carbonyl (C=O) groups excluding carboxylic acids is 2. The molecule has 0 aliphatic carbocycles. The molecule has 0 saturated carbocycles. The third kappa shape index (κ3) is 5.50. The molecule has 7 nitrogen and oxygen atoms in total. The number of anilines is 1. The number of carbonyl (C=O) groups is 2. The summed E-state index contributed by atoms with van der Waals surface area (Å²) in [7, 11) is 0. The molecule has 1 aliphatic rings. The molecule has 0 spiro atoms. The van der Waals surface area contributed by atoms with Crippen molar-refractivity contribution >= 4 is 28.5 Å². The molecular weight excluding hydrogens is 424 g/mol. The van der Waals surface area contributed by atoms with E-state index in [-0.39, 0.29) is 17.4 Å². The van der Waals surface area contributed by atoms with Gasteiger partial charge in [-0.05, 0) is 24.0 Å². The van der Waals surface area contributed by atoms with Crippen LogP contribution in [0.5, 0.6) is 0 Å². The van der Waals surface area contributed by atoms with Crippen molar-refractivity contribution in [2.24, 2.45) is 0 Å². The van der Waals surface area contributed by atoms with E-state index in [0.29, 0.717) is 50.5 Å². The number of rotatable bonds is 7. The van der Waals surface area contributed by atoms with Crippen LogP contribution in [0.1, 0.15) is 30.4 Å². The van der Waals surface area contributed by atoms with Crippen molar-refractivity contribution in [1.29, 1.82) is 0 Å². The summed E-state index contributed by atoms with van der Waals surface area (Å²) in [6, 6.07) is 20.0. The zero-order valence-electron chi connectivity index (χ0n) is 17.8. The second-order valence-electron chi connectivity index (χ2n) is 7.95. The van der Waals surface area contributed by atoms with Crippen LogP contribution in [0.15, 0.2) is 66.2 Å². The van der Waals surface area contributed by atoms with Gasteiger partial charge in [-0.3, -0.25) is 4.79 Å². The van der Waals surface area contributed by atoms with E-state index in [1.54, 1.807) is 10.4 Å². The van der Waals surface area contributed by atoms with E-state index < -0.39 is 0 Å². The number of hydrogen-bond donors (Lipinski definition) is 1. The first kappa shape index (κ1) is 22.0. The number of hydrogen-bond acceptors (Lipinski definition) is 6. The van der Waals surface area contributed by atoms with Gasteiger partial charge in [0.25, 0.3) is 0 Å². The van der Waals surface area contributed by atoms with Gasteiger partial charge >= 0.3 is 6.09 Å². The molecule has 0 radical (unpaired) electrons. The van der Waals surface area contributed by atoms with Crippen LogP contribution >= 0.6 is 11.3 Å². The summed E-state index contributed by atoms with van der Waals surface area (Å²) >= 11 is 1.29. The van der Waals surface area contributed by atoms with Gasteiger partial charge in [-0.15, -0.1) is 10.2 Å². The molecule has 2 aromatic carbocycles. The van der Waals surface area contributed by atoms with Gasteiger partial charge in [0.05, 0.1) is 6.61 Å². The number of nitrogens with zero attached hydrogens (tertiary/aromatic N) is 3. The zero-order chi connectivity index (χ0) is 22.2. The minimum atomic E-state index is -0.336. The average Bonchev–Trinajstić information content (AvgIpc) is 3.33. The van der Waals surface area contributed by atoms with E-state index in [0.717, 1.165) is 11.1 Å². The van der Waals surface area contributed by atoms with E-state index in [9.17, 15) is 9.59 Å². The first-order valence-electron chi connectivity index (χ1n) is 10.7. The Bertz CT molecular complexity index is 1000. The number of nitrogens with one attached hydrogen (secondary N) is 1. The Morgan fingerprint density at radius 2 is 1.72 bits per heavy atom. The predicted octanol–water partition coefficient (Wildman–Crippen LogP) is 4.28. The molecule has 4 rings (SSSR count). The highest BCUT2D eigenvalue weighted by atomic mass is 32.1. The molecule has 0 unspecified atom stereocenters. The Morgan fingerprint density at radius 1 is 1.03 bits per heavy atom. The Balaban J connectivity index is 1.36. The van der Waals surface area contributed by atoms with Gasteiger partial charge in [-0.25, -0.2) is 4.79 Å². The summed E-state index contributed by atoms with van der Waals surface area (Å²) in [5.41, 5.74) is 3.51. The van der Waals surface area contributed by atoms with Gasteiger partial charge in [-0.1, -0.05) is 72.0 Å². The number of likely N-dealkylation sites (tertiary alicyclic amines) is 1. The van der Waals surface area contributed by atoms with Crippen molar-refractivity contribution in [3.8, 4) is 0 Å². The normalized spacial score (nSPS) is 15.2. The molecule has 1 aromatic heterocycles. The third-order valence-electron chi connectivity index (χ3n) is 5.93. The lowest BCUT2D eigenvalue weighted by Crippen LogP contribution is -2.46. The smallest absolute Gasteiger partial charge is 0.409 e. The van der Waals surface area contributed by atoms with Crippen LogP contribution in [0, 0.1) is 0 Å². The topological polar surface area (TPSA) is 84.4 Å². The highest BCUT2D eigenvalue weighted by Gasteiger charge is 2.39. The highest BCUT2D eigenvalue weighted by Crippen LogP contribution is 2.39. The Labute approximate surface area is 191 Å². The summed E-state index contributed by atoms with van der Waals surface area (Å²) < 4.78 is 5.50. The fourth-order valence-corrected chi connectivity index (χ4v) is 4.63. The lowest BCUT2D eigenvalue weighted by Gasteiger charge is -2.41. The van der Waals surface area contributed by atoms with Gasteiger partial charge in [0.2, 0.25) is 11.0 Å². The number of aromatic nitrogens is 2. The second kappa shape index (κ2) is 10.4. The Morgan fingerprint density at radius 3 is 2.38 bits per heavy atom. The van der Waals surface area contributed by atoms with Crippen LogP contribution in [0.2, 0.25) is 0 Å². The summed E-state index contributed by atoms with van der Waals surface area (Å²) in [5.74, 6) is -0.0931. The molecule has 32 heavy (non-hydrogen) atoms. The van der Waals surface area contributed by atoms with E-state index >= 15 is 0 Å². The molecule has 3 aromatic rings. The van der Waals surface area contributed by atoms with Gasteiger partial charge in [-0.2, -0.15) is 0 Å². The molecule has 1 aliphatic heterocycles. The highest BCUT2D eigenvalue weighted by molar-refractivity contribution is 7.13. The van der Waals surface area contributed by atoms with E-state index in [1.807, 2.05) is 48.5 Å². The number of amides is 2. The van der Waals surface area contributed by atoms with Gasteiger partial charge in [0.15, 0.2) is 0 Å². The van der Waals surface area contributed by atoms with Crippen LogP contribution in [0.4, 0.5) is 9.93 Å². The van der Waals surface area contributed by atoms with E-state index in [2.05, 4.69) is 27.6 Å². The van der Waals surface area contributed by atoms with Crippen molar-refractivity contribution in [2.45, 2.75) is 31.1 Å². The largest absolute Gasteiger partial charge is 0.449 e. The molecule has 2 amide bonds. The number of ether oxygens (including phenoxy) is 1. The second-order valence-corrected chi connectivity index (χ2v) is 8.79. The lowest BCUT2D eigenvalue weighted by atomic mass is 9.70. The van der Waals surface area contributed by atoms with E-state index in [1.165, 1.54) is 11.3 Å². The van der Waals surface area contributed by atoms with Crippen LogP contribution in [-0.2, 0) is 21.4 Å². The average molecular weight is 451 g/mol. The number of piperidine rings is 1. The van der Waals surface area contributed by atoms with E-state index in [4.69, 9.17) is 4.74 Å². The van der Waals surface area contributed by atoms with Gasteiger partial charge in [0, 0.05) is 31.3 Å². The fraction of sp³-hybridized carbons (Fsp3) is 0.333. The van der Waals surface area contributed by atoms with Crippen molar-refractivity contribution in [3.05, 3.63) is 77.3 Å². The summed E-state index contributed by atoms with van der Waals surface area (Å²) in [4.78, 5) is 27.1. The third-order valence-corrected chi connectivity index (χ3v) is 6.54. The SMILES string of the molecule is O=C(CC1(c2ccccc2)CCN(C(=O)OCCc2ccccc2)CC1)Nc1nncs1. The van der Waals surface area contributed by atoms with Crippen molar-refractivity contribution < 1.29 is 14.3 Å². The van der Waals surface area contributed by atoms with Gasteiger partial charge < -0.3 is 15.0 Å². The molecule has 8 heteroatoms. The molecule has 1 fully saturated rings. The molecule has 0 atom stereocenters. The molecule has 166 valence electrons. The summed E-state index contributed by atoms with van der Waals surface area (Å²) in [6.07, 6.45) is 2.11. The minimum Gasteiger partial charge on any atom is -0.449 e. The van der Waals surface area contributed by atoms with Crippen LogP contribution in [0.3, 0.4) is 0 Å². The molecule has 0 bridgehead atoms. The Hall–Kier alpha value is -3.26.